The molecule has 0 spiro atoms. The van der Waals surface area contributed by atoms with Gasteiger partial charge in [0.1, 0.15) is 0 Å². The average Bonchev–Trinajstić information content (AvgIpc) is 3.21. The van der Waals surface area contributed by atoms with Gasteiger partial charge in [-0.25, -0.2) is 0 Å². The zero-order valence-corrected chi connectivity index (χ0v) is 33.5. The van der Waals surface area contributed by atoms with Crippen LogP contribution in [-0.4, -0.2) is 19.9 Å². The summed E-state index contributed by atoms with van der Waals surface area (Å²) in [6, 6.07) is 54.8. The van der Waals surface area contributed by atoms with Gasteiger partial charge in [-0.3, -0.25) is 9.97 Å². The van der Waals surface area contributed by atoms with E-state index in [1.54, 1.807) is 6.20 Å². The summed E-state index contributed by atoms with van der Waals surface area (Å²) in [5.74, 6) is 0. The minimum Gasteiger partial charge on any atom is -0.305 e. The maximum absolute atomic E-state index is 4.95. The largest absolute Gasteiger partial charge is 0.305 e. The molecule has 4 heterocycles. The predicted molar refractivity (Wildman–Crippen MR) is 223 cm³/mol. The Morgan fingerprint density at radius 2 is 1.16 bits per heavy atom. The second-order valence-corrected chi connectivity index (χ2v) is 13.7. The molecule has 0 aliphatic rings. The van der Waals surface area contributed by atoms with Gasteiger partial charge < -0.3 is 9.97 Å². The van der Waals surface area contributed by atoms with E-state index in [0.29, 0.717) is 0 Å². The molecule has 269 valence electrons. The molecule has 55 heavy (non-hydrogen) atoms. The second kappa shape index (κ2) is 16.5. The zero-order valence-electron chi connectivity index (χ0n) is 31.1. The number of fused-ring (bicyclic) bond motifs is 3. The van der Waals surface area contributed by atoms with E-state index >= 15 is 0 Å². The summed E-state index contributed by atoms with van der Waals surface area (Å²) in [7, 11) is 0. The Morgan fingerprint density at radius 1 is 0.455 bits per heavy atom. The van der Waals surface area contributed by atoms with Crippen LogP contribution in [-0.2, 0) is 20.1 Å². The summed E-state index contributed by atoms with van der Waals surface area (Å²) < 4.78 is 0. The van der Waals surface area contributed by atoms with Gasteiger partial charge in [0.15, 0.2) is 0 Å². The Balaban J connectivity index is 0.000000305. The first-order chi connectivity index (χ1) is 26.4. The Labute approximate surface area is 336 Å². The number of nitrogens with zero attached hydrogens (tertiary/aromatic N) is 4. The molecule has 0 amide bonds. The summed E-state index contributed by atoms with van der Waals surface area (Å²) in [5.41, 5.74) is 16.1. The van der Waals surface area contributed by atoms with Crippen LogP contribution in [0.25, 0.3) is 77.7 Å². The second-order valence-electron chi connectivity index (χ2n) is 13.7. The van der Waals surface area contributed by atoms with Gasteiger partial charge in [0.05, 0.1) is 11.2 Å². The van der Waals surface area contributed by atoms with Crippen molar-refractivity contribution in [2.24, 2.45) is 0 Å². The Hall–Kier alpha value is -6.13. The molecule has 9 rings (SSSR count). The van der Waals surface area contributed by atoms with Gasteiger partial charge in [0.25, 0.3) is 0 Å². The van der Waals surface area contributed by atoms with Gasteiger partial charge >= 0.3 is 0 Å². The monoisotopic (exact) mass is 887 g/mol. The zero-order chi connectivity index (χ0) is 37.0. The van der Waals surface area contributed by atoms with E-state index < -0.39 is 0 Å². The van der Waals surface area contributed by atoms with Crippen molar-refractivity contribution in [2.45, 2.75) is 27.7 Å². The van der Waals surface area contributed by atoms with Gasteiger partial charge in [-0.05, 0) is 120 Å². The minimum absolute atomic E-state index is 0. The SMILES string of the molecule is Cc1ccnc(-c2[c-]cc(C)c(-c3cc(-c4cc(C)cc(C)n4)cc(-c4cc5ncccc5c5ccccc45)c3)c2)c1.[Ir].[c-]1ccccc1-c1ccccn1. The fraction of sp³-hybridized carbons (Fsp3) is 0.0800. The maximum Gasteiger partial charge on any atom is 0.0714 e. The van der Waals surface area contributed by atoms with E-state index in [2.05, 4.69) is 135 Å². The summed E-state index contributed by atoms with van der Waals surface area (Å²) in [6.45, 7) is 8.43. The number of hydrogen-bond acceptors (Lipinski definition) is 4. The van der Waals surface area contributed by atoms with Gasteiger partial charge in [-0.2, -0.15) is 0 Å². The van der Waals surface area contributed by atoms with Crippen LogP contribution in [0.5, 0.6) is 0 Å². The molecular weight excluding hydrogens is 849 g/mol. The van der Waals surface area contributed by atoms with E-state index in [1.807, 2.05) is 67.0 Å². The summed E-state index contributed by atoms with van der Waals surface area (Å²) in [4.78, 5) is 18.6. The van der Waals surface area contributed by atoms with E-state index in [0.717, 1.165) is 78.2 Å². The molecule has 4 aromatic heterocycles. The van der Waals surface area contributed by atoms with Crippen molar-refractivity contribution in [3.63, 3.8) is 0 Å². The van der Waals surface area contributed by atoms with Crippen LogP contribution >= 0.6 is 0 Å². The van der Waals surface area contributed by atoms with E-state index in [1.165, 1.54) is 21.9 Å². The van der Waals surface area contributed by atoms with Crippen LogP contribution in [0.4, 0.5) is 0 Å². The molecule has 0 atom stereocenters. The normalized spacial score (nSPS) is 10.8. The van der Waals surface area contributed by atoms with Gasteiger partial charge in [0, 0.05) is 55.3 Å². The van der Waals surface area contributed by atoms with Crippen LogP contribution < -0.4 is 0 Å². The number of hydrogen-bond donors (Lipinski definition) is 0. The van der Waals surface area contributed by atoms with E-state index in [-0.39, 0.29) is 20.1 Å². The van der Waals surface area contributed by atoms with Crippen molar-refractivity contribution in [2.75, 3.05) is 0 Å². The maximum atomic E-state index is 4.95. The minimum atomic E-state index is 0. The first-order valence-electron chi connectivity index (χ1n) is 18.1. The molecule has 9 aromatic rings. The van der Waals surface area contributed by atoms with Crippen LogP contribution in [0.3, 0.4) is 0 Å². The molecular formula is C50H38IrN4-2. The van der Waals surface area contributed by atoms with Gasteiger partial charge in [-0.15, -0.1) is 65.2 Å². The van der Waals surface area contributed by atoms with Crippen molar-refractivity contribution >= 4 is 21.7 Å². The van der Waals surface area contributed by atoms with Crippen molar-refractivity contribution in [1.82, 2.24) is 19.9 Å². The molecule has 0 saturated carbocycles. The van der Waals surface area contributed by atoms with Crippen LogP contribution in [0, 0.1) is 39.8 Å². The summed E-state index contributed by atoms with van der Waals surface area (Å²) in [5, 5.41) is 3.57. The number of rotatable bonds is 5. The number of benzene rings is 5. The molecule has 5 heteroatoms. The van der Waals surface area contributed by atoms with E-state index in [4.69, 9.17) is 9.97 Å². The Bertz CT molecular complexity index is 2700. The van der Waals surface area contributed by atoms with Crippen molar-refractivity contribution in [1.29, 1.82) is 0 Å². The molecule has 0 unspecified atom stereocenters. The molecule has 0 saturated heterocycles. The Kier molecular flexibility index (Phi) is 11.1. The quantitative estimate of drug-likeness (QED) is 0.128. The van der Waals surface area contributed by atoms with E-state index in [9.17, 15) is 0 Å². The smallest absolute Gasteiger partial charge is 0.0714 e. The molecule has 0 aliphatic carbocycles. The van der Waals surface area contributed by atoms with Crippen LogP contribution in [0.2, 0.25) is 0 Å². The number of pyridine rings is 4. The van der Waals surface area contributed by atoms with Crippen molar-refractivity contribution in [3.05, 3.63) is 193 Å². The summed E-state index contributed by atoms with van der Waals surface area (Å²) >= 11 is 0. The van der Waals surface area contributed by atoms with Crippen LogP contribution in [0.1, 0.15) is 22.4 Å². The third-order valence-corrected chi connectivity index (χ3v) is 9.57. The molecule has 0 bridgehead atoms. The molecule has 0 fully saturated rings. The number of aromatic nitrogens is 4. The summed E-state index contributed by atoms with van der Waals surface area (Å²) in [6.07, 6.45) is 5.52. The molecule has 1 radical (unpaired) electrons. The molecule has 5 aromatic carbocycles. The van der Waals surface area contributed by atoms with Gasteiger partial charge in [-0.1, -0.05) is 66.6 Å². The topological polar surface area (TPSA) is 51.6 Å². The molecule has 0 N–H and O–H groups in total. The predicted octanol–water partition coefficient (Wildman–Crippen LogP) is 12.4. The third kappa shape index (κ3) is 8.19. The molecule has 4 nitrogen and oxygen atoms in total. The first kappa shape index (κ1) is 37.2. The third-order valence-electron chi connectivity index (χ3n) is 9.57. The van der Waals surface area contributed by atoms with Crippen LogP contribution in [0.15, 0.2) is 158 Å². The fourth-order valence-corrected chi connectivity index (χ4v) is 7.02. The van der Waals surface area contributed by atoms with Crippen molar-refractivity contribution in [3.8, 4) is 56.0 Å². The fourth-order valence-electron chi connectivity index (χ4n) is 7.02. The average molecular weight is 887 g/mol. The molecule has 0 aliphatic heterocycles. The standard InChI is InChI=1S/C39H30N3.C11H8N.Ir/c1-24-13-15-41-37(17-24)28-12-11-26(3)35(22-28)29-19-30(21-31(20-29)38-18-25(2)16-27(4)42-38)36-23-39-34(10-7-14-40-39)32-8-5-6-9-33(32)36;1-2-6-10(7-3-1)11-8-4-5-9-12-11;/h5-11,13-23H,1-4H3;1-6,8-9H;/q2*-1;. The van der Waals surface area contributed by atoms with Crippen molar-refractivity contribution < 1.29 is 20.1 Å². The first-order valence-corrected chi connectivity index (χ1v) is 18.1. The van der Waals surface area contributed by atoms with Gasteiger partial charge in [0.2, 0.25) is 0 Å². The Morgan fingerprint density at radius 3 is 1.93 bits per heavy atom. The number of aryl methyl sites for hydroxylation is 4.